The Morgan fingerprint density at radius 2 is 2.00 bits per heavy atom. The first-order chi connectivity index (χ1) is 15.5. The number of imidazole rings is 1. The van der Waals surface area contributed by atoms with E-state index in [9.17, 15) is 9.18 Å². The van der Waals surface area contributed by atoms with E-state index < -0.39 is 0 Å². The highest BCUT2D eigenvalue weighted by molar-refractivity contribution is 6.06. The van der Waals surface area contributed by atoms with Crippen molar-refractivity contribution in [2.24, 2.45) is 0 Å². The average molecular weight is 432 g/mol. The molecule has 2 aromatic carbocycles. The van der Waals surface area contributed by atoms with Crippen molar-refractivity contribution in [2.45, 2.75) is 39.3 Å². The molecule has 0 aliphatic carbocycles. The van der Waals surface area contributed by atoms with Crippen molar-refractivity contribution in [3.05, 3.63) is 71.2 Å². The Balaban J connectivity index is 1.61. The van der Waals surface area contributed by atoms with E-state index in [1.807, 2.05) is 38.1 Å². The lowest BCUT2D eigenvalue weighted by atomic mass is 10.1. The summed E-state index contributed by atoms with van der Waals surface area (Å²) in [5.41, 5.74) is 5.13. The molecule has 1 amide bonds. The lowest BCUT2D eigenvalue weighted by Crippen LogP contribution is -2.21. The van der Waals surface area contributed by atoms with Gasteiger partial charge in [0, 0.05) is 17.9 Å². The third-order valence-electron chi connectivity index (χ3n) is 6.20. The van der Waals surface area contributed by atoms with Crippen LogP contribution < -0.4 is 5.32 Å². The first-order valence-corrected chi connectivity index (χ1v) is 10.8. The smallest absolute Gasteiger partial charge is 0.256 e. The minimum absolute atomic E-state index is 0.102. The summed E-state index contributed by atoms with van der Waals surface area (Å²) >= 11 is 0. The number of nitrogens with one attached hydrogen (secondary N) is 2. The topological polar surface area (TPSA) is 71.9 Å². The second-order valence-electron chi connectivity index (χ2n) is 8.24. The van der Waals surface area contributed by atoms with Gasteiger partial charge in [0.1, 0.15) is 17.5 Å². The van der Waals surface area contributed by atoms with Gasteiger partial charge in [-0.25, -0.2) is 9.37 Å². The Kier molecular flexibility index (Phi) is 5.27. The van der Waals surface area contributed by atoms with E-state index in [0.29, 0.717) is 23.8 Å². The van der Waals surface area contributed by atoms with E-state index >= 15 is 0 Å². The molecule has 3 heterocycles. The number of hydrogen-bond acceptors (Lipinski definition) is 3. The van der Waals surface area contributed by atoms with Crippen LogP contribution in [0.25, 0.3) is 22.4 Å². The Labute approximate surface area is 185 Å². The highest BCUT2D eigenvalue weighted by atomic mass is 19.1. The first kappa shape index (κ1) is 20.5. The maximum atomic E-state index is 13.3. The first-order valence-electron chi connectivity index (χ1n) is 10.8. The molecule has 164 valence electrons. The second kappa shape index (κ2) is 8.24. The van der Waals surface area contributed by atoms with Gasteiger partial charge in [-0.05, 0) is 68.7 Å². The highest BCUT2D eigenvalue weighted by Gasteiger charge is 2.26. The fourth-order valence-electron chi connectivity index (χ4n) is 4.36. The Morgan fingerprint density at radius 1 is 1.22 bits per heavy atom. The highest BCUT2D eigenvalue weighted by Crippen LogP contribution is 2.36. The predicted octanol–water partition coefficient (Wildman–Crippen LogP) is 5.22. The van der Waals surface area contributed by atoms with Gasteiger partial charge < -0.3 is 19.6 Å². The molecular weight excluding hydrogens is 407 g/mol. The molecule has 0 bridgehead atoms. The number of halogens is 1. The largest absolute Gasteiger partial charge is 0.376 e. The van der Waals surface area contributed by atoms with Crippen LogP contribution in [0.2, 0.25) is 0 Å². The molecule has 2 aromatic heterocycles. The number of aromatic nitrogens is 3. The number of para-hydroxylation sites is 2. The number of carbonyl (C=O) groups excluding carboxylic acids is 1. The molecule has 0 radical (unpaired) electrons. The molecule has 6 nitrogen and oxygen atoms in total. The zero-order valence-corrected chi connectivity index (χ0v) is 18.1. The van der Waals surface area contributed by atoms with Crippen molar-refractivity contribution in [2.75, 3.05) is 11.9 Å². The molecule has 1 fully saturated rings. The van der Waals surface area contributed by atoms with E-state index in [2.05, 4.69) is 14.9 Å². The summed E-state index contributed by atoms with van der Waals surface area (Å²) in [6.07, 6.45) is 2.13. The van der Waals surface area contributed by atoms with E-state index in [1.54, 1.807) is 0 Å². The molecule has 4 aromatic rings. The van der Waals surface area contributed by atoms with Crippen molar-refractivity contribution < 1.29 is 13.9 Å². The number of ether oxygens (including phenoxy) is 1. The average Bonchev–Trinajstić information content (AvgIpc) is 3.50. The van der Waals surface area contributed by atoms with Gasteiger partial charge in [-0.1, -0.05) is 12.1 Å². The molecule has 32 heavy (non-hydrogen) atoms. The van der Waals surface area contributed by atoms with E-state index in [0.717, 1.165) is 47.3 Å². The van der Waals surface area contributed by atoms with Gasteiger partial charge in [0.05, 0.1) is 29.2 Å². The Morgan fingerprint density at radius 3 is 2.72 bits per heavy atom. The van der Waals surface area contributed by atoms with Crippen LogP contribution in [0.4, 0.5) is 10.2 Å². The van der Waals surface area contributed by atoms with Crippen LogP contribution in [-0.4, -0.2) is 33.2 Å². The number of nitrogens with zero attached hydrogens (tertiary/aromatic N) is 2. The van der Waals surface area contributed by atoms with Gasteiger partial charge in [0.2, 0.25) is 0 Å². The number of carbonyl (C=O) groups is 1. The molecular formula is C25H25FN4O2. The van der Waals surface area contributed by atoms with Crippen molar-refractivity contribution in [1.82, 2.24) is 14.5 Å². The summed E-state index contributed by atoms with van der Waals surface area (Å²) in [5.74, 6) is 0.697. The van der Waals surface area contributed by atoms with Crippen molar-refractivity contribution in [3.63, 3.8) is 0 Å². The molecule has 0 saturated carbocycles. The van der Waals surface area contributed by atoms with Gasteiger partial charge >= 0.3 is 0 Å². The Hall–Kier alpha value is -3.45. The van der Waals surface area contributed by atoms with Gasteiger partial charge in [-0.15, -0.1) is 0 Å². The molecule has 5 rings (SSSR count). The van der Waals surface area contributed by atoms with Crippen molar-refractivity contribution >= 4 is 22.8 Å². The number of anilines is 1. The fourth-order valence-corrected chi connectivity index (χ4v) is 4.36. The second-order valence-corrected chi connectivity index (χ2v) is 8.24. The molecule has 7 heteroatoms. The number of hydrogen-bond donors (Lipinski definition) is 2. The SMILES string of the molecule is Cc1c(-c2nc3ccccc3[nH]2)c(NC(=O)c2ccc(F)cc2)n(C[C@@H]2CCCO2)c1C. The van der Waals surface area contributed by atoms with Gasteiger partial charge in [0.15, 0.2) is 0 Å². The third kappa shape index (κ3) is 3.69. The molecule has 2 N–H and O–H groups in total. The zero-order valence-electron chi connectivity index (χ0n) is 18.1. The molecule has 0 unspecified atom stereocenters. The summed E-state index contributed by atoms with van der Waals surface area (Å²) in [5, 5.41) is 3.08. The van der Waals surface area contributed by atoms with Crippen LogP contribution >= 0.6 is 0 Å². The monoisotopic (exact) mass is 432 g/mol. The number of fused-ring (bicyclic) bond motifs is 1. The van der Waals surface area contributed by atoms with Crippen LogP contribution in [-0.2, 0) is 11.3 Å². The molecule has 1 saturated heterocycles. The van der Waals surface area contributed by atoms with Gasteiger partial charge in [-0.3, -0.25) is 4.79 Å². The normalized spacial score (nSPS) is 16.0. The van der Waals surface area contributed by atoms with Gasteiger partial charge in [-0.2, -0.15) is 0 Å². The summed E-state index contributed by atoms with van der Waals surface area (Å²) in [6.45, 7) is 5.49. The maximum Gasteiger partial charge on any atom is 0.256 e. The summed E-state index contributed by atoms with van der Waals surface area (Å²) in [6, 6.07) is 13.4. The van der Waals surface area contributed by atoms with E-state index in [1.165, 1.54) is 24.3 Å². The quantitative estimate of drug-likeness (QED) is 0.454. The fraction of sp³-hybridized carbons (Fsp3) is 0.280. The standard InChI is InChI=1S/C25H25FN4O2/c1-15-16(2)30(14-19-6-5-13-32-19)24(29-25(31)17-9-11-18(26)12-10-17)22(15)23-27-20-7-3-4-8-21(20)28-23/h3-4,7-12,19H,5-6,13-14H2,1-2H3,(H,27,28)(H,29,31)/t19-/m0/s1. The summed E-state index contributed by atoms with van der Waals surface area (Å²) in [4.78, 5) is 21.3. The maximum absolute atomic E-state index is 13.3. The van der Waals surface area contributed by atoms with Crippen LogP contribution in [0.3, 0.4) is 0 Å². The number of amides is 1. The molecule has 1 aliphatic rings. The number of rotatable bonds is 5. The number of aromatic amines is 1. The van der Waals surface area contributed by atoms with Crippen LogP contribution in [0.5, 0.6) is 0 Å². The minimum Gasteiger partial charge on any atom is -0.376 e. The summed E-state index contributed by atoms with van der Waals surface area (Å²) < 4.78 is 21.3. The third-order valence-corrected chi connectivity index (χ3v) is 6.20. The lowest BCUT2D eigenvalue weighted by Gasteiger charge is -2.17. The minimum atomic E-state index is -0.377. The zero-order chi connectivity index (χ0) is 22.2. The van der Waals surface area contributed by atoms with E-state index in [4.69, 9.17) is 9.72 Å². The predicted molar refractivity (Wildman–Crippen MR) is 122 cm³/mol. The van der Waals surface area contributed by atoms with E-state index in [-0.39, 0.29) is 17.8 Å². The number of H-pyrrole nitrogens is 1. The number of benzene rings is 2. The molecule has 1 aliphatic heterocycles. The van der Waals surface area contributed by atoms with Gasteiger partial charge in [0.25, 0.3) is 5.91 Å². The lowest BCUT2D eigenvalue weighted by molar-refractivity contribution is 0.0962. The van der Waals surface area contributed by atoms with Crippen LogP contribution in [0.1, 0.15) is 34.5 Å². The molecule has 1 atom stereocenters. The summed E-state index contributed by atoms with van der Waals surface area (Å²) in [7, 11) is 0. The molecule has 0 spiro atoms. The van der Waals surface area contributed by atoms with Crippen molar-refractivity contribution in [1.29, 1.82) is 0 Å². The van der Waals surface area contributed by atoms with Crippen LogP contribution in [0, 0.1) is 19.7 Å². The van der Waals surface area contributed by atoms with Crippen molar-refractivity contribution in [3.8, 4) is 11.4 Å². The Bertz CT molecular complexity index is 1250. The van der Waals surface area contributed by atoms with Crippen LogP contribution in [0.15, 0.2) is 48.5 Å².